The topological polar surface area (TPSA) is 38.1 Å². The highest BCUT2D eigenvalue weighted by atomic mass is 16.3. The lowest BCUT2D eigenvalue weighted by molar-refractivity contribution is 0.215. The van der Waals surface area contributed by atoms with E-state index >= 15 is 0 Å². The van der Waals surface area contributed by atoms with Crippen molar-refractivity contribution in [3.05, 3.63) is 64.3 Å². The first-order valence-corrected chi connectivity index (χ1v) is 7.16. The second kappa shape index (κ2) is 5.01. The van der Waals surface area contributed by atoms with E-state index in [2.05, 4.69) is 31.1 Å². The number of aromatic nitrogens is 2. The molecule has 0 aliphatic heterocycles. The standard InChI is InChI=1S/C18H20N2O/c1-11-9-13(3)15(10-12(11)2)18(21)17-14-7-5-6-8-16(14)20(4)19-17/h5-10,18,21H,1-4H3. The average Bonchev–Trinajstić information content (AvgIpc) is 2.80. The summed E-state index contributed by atoms with van der Waals surface area (Å²) in [5.41, 5.74) is 6.22. The number of hydrogen-bond donors (Lipinski definition) is 1. The number of fused-ring (bicyclic) bond motifs is 1. The molecule has 0 saturated heterocycles. The molecule has 0 fully saturated rings. The summed E-state index contributed by atoms with van der Waals surface area (Å²) in [6.45, 7) is 6.20. The fraction of sp³-hybridized carbons (Fsp3) is 0.278. The van der Waals surface area contributed by atoms with Crippen molar-refractivity contribution in [1.29, 1.82) is 0 Å². The van der Waals surface area contributed by atoms with Crippen LogP contribution in [0.3, 0.4) is 0 Å². The predicted octanol–water partition coefficient (Wildman–Crippen LogP) is 3.58. The second-order valence-electron chi connectivity index (χ2n) is 5.72. The van der Waals surface area contributed by atoms with E-state index in [0.29, 0.717) is 0 Å². The molecule has 3 rings (SSSR count). The summed E-state index contributed by atoms with van der Waals surface area (Å²) >= 11 is 0. The lowest BCUT2D eigenvalue weighted by Crippen LogP contribution is -2.05. The quantitative estimate of drug-likeness (QED) is 0.779. The maximum atomic E-state index is 10.8. The van der Waals surface area contributed by atoms with Crippen molar-refractivity contribution >= 4 is 10.9 Å². The van der Waals surface area contributed by atoms with Gasteiger partial charge < -0.3 is 5.11 Å². The van der Waals surface area contributed by atoms with Crippen molar-refractivity contribution in [2.45, 2.75) is 26.9 Å². The number of aryl methyl sites for hydroxylation is 4. The van der Waals surface area contributed by atoms with E-state index in [1.807, 2.05) is 42.9 Å². The first kappa shape index (κ1) is 13.8. The summed E-state index contributed by atoms with van der Waals surface area (Å²) in [5, 5.41) is 16.4. The van der Waals surface area contributed by atoms with E-state index in [1.54, 1.807) is 0 Å². The lowest BCUT2D eigenvalue weighted by atomic mass is 9.95. The van der Waals surface area contributed by atoms with Gasteiger partial charge in [0.25, 0.3) is 0 Å². The van der Waals surface area contributed by atoms with Crippen molar-refractivity contribution < 1.29 is 5.11 Å². The minimum absolute atomic E-state index is 0.699. The van der Waals surface area contributed by atoms with E-state index in [-0.39, 0.29) is 0 Å². The minimum Gasteiger partial charge on any atom is -0.382 e. The summed E-state index contributed by atoms with van der Waals surface area (Å²) in [4.78, 5) is 0. The smallest absolute Gasteiger partial charge is 0.124 e. The van der Waals surface area contributed by atoms with Gasteiger partial charge in [0.15, 0.2) is 0 Å². The SMILES string of the molecule is Cc1cc(C)c(C(O)c2nn(C)c3ccccc23)cc1C. The largest absolute Gasteiger partial charge is 0.382 e. The Labute approximate surface area is 124 Å². The van der Waals surface area contributed by atoms with Crippen molar-refractivity contribution in [2.24, 2.45) is 7.05 Å². The average molecular weight is 280 g/mol. The van der Waals surface area contributed by atoms with E-state index in [0.717, 1.165) is 27.7 Å². The van der Waals surface area contributed by atoms with Gasteiger partial charge in [-0.05, 0) is 49.1 Å². The maximum Gasteiger partial charge on any atom is 0.124 e. The van der Waals surface area contributed by atoms with Gasteiger partial charge in [-0.1, -0.05) is 30.3 Å². The number of rotatable bonds is 2. The molecule has 3 nitrogen and oxygen atoms in total. The van der Waals surface area contributed by atoms with Crippen LogP contribution in [0.25, 0.3) is 10.9 Å². The summed E-state index contributed by atoms with van der Waals surface area (Å²) in [6.07, 6.45) is -0.699. The molecule has 0 saturated carbocycles. The van der Waals surface area contributed by atoms with E-state index in [4.69, 9.17) is 0 Å². The molecule has 2 aromatic carbocycles. The molecule has 3 heteroatoms. The number of benzene rings is 2. The van der Waals surface area contributed by atoms with E-state index in [1.165, 1.54) is 11.1 Å². The number of aliphatic hydroxyl groups is 1. The van der Waals surface area contributed by atoms with Gasteiger partial charge in [0.1, 0.15) is 11.8 Å². The molecule has 0 aliphatic rings. The van der Waals surface area contributed by atoms with Gasteiger partial charge in [0.2, 0.25) is 0 Å². The van der Waals surface area contributed by atoms with Crippen LogP contribution in [0, 0.1) is 20.8 Å². The Balaban J connectivity index is 2.17. The van der Waals surface area contributed by atoms with Crippen LogP contribution in [0.5, 0.6) is 0 Å². The second-order valence-corrected chi connectivity index (χ2v) is 5.72. The predicted molar refractivity (Wildman–Crippen MR) is 85.4 cm³/mol. The Morgan fingerprint density at radius 3 is 2.43 bits per heavy atom. The molecule has 1 aromatic heterocycles. The van der Waals surface area contributed by atoms with Crippen LogP contribution in [-0.4, -0.2) is 14.9 Å². The van der Waals surface area contributed by atoms with Gasteiger partial charge in [0, 0.05) is 12.4 Å². The Bertz CT molecular complexity index is 817. The van der Waals surface area contributed by atoms with E-state index in [9.17, 15) is 5.11 Å². The lowest BCUT2D eigenvalue weighted by Gasteiger charge is -2.14. The van der Waals surface area contributed by atoms with Gasteiger partial charge >= 0.3 is 0 Å². The van der Waals surface area contributed by atoms with E-state index < -0.39 is 6.10 Å². The number of para-hydroxylation sites is 1. The Morgan fingerprint density at radius 1 is 1.00 bits per heavy atom. The number of hydrogen-bond acceptors (Lipinski definition) is 2. The van der Waals surface area contributed by atoms with Crippen molar-refractivity contribution in [3.63, 3.8) is 0 Å². The van der Waals surface area contributed by atoms with Gasteiger partial charge in [-0.15, -0.1) is 0 Å². The molecule has 1 heterocycles. The molecule has 21 heavy (non-hydrogen) atoms. The van der Waals surface area contributed by atoms with Crippen LogP contribution in [0.15, 0.2) is 36.4 Å². The van der Waals surface area contributed by atoms with Crippen molar-refractivity contribution in [3.8, 4) is 0 Å². The number of aliphatic hydroxyl groups excluding tert-OH is 1. The molecule has 108 valence electrons. The molecule has 1 atom stereocenters. The third-order valence-corrected chi connectivity index (χ3v) is 4.22. The highest BCUT2D eigenvalue weighted by Gasteiger charge is 2.20. The zero-order chi connectivity index (χ0) is 15.1. The number of nitrogens with zero attached hydrogens (tertiary/aromatic N) is 2. The minimum atomic E-state index is -0.699. The van der Waals surface area contributed by atoms with Gasteiger partial charge in [-0.25, -0.2) is 0 Å². The van der Waals surface area contributed by atoms with Crippen LogP contribution in [0.2, 0.25) is 0 Å². The van der Waals surface area contributed by atoms with Crippen molar-refractivity contribution in [1.82, 2.24) is 9.78 Å². The maximum absolute atomic E-state index is 10.8. The molecule has 0 bridgehead atoms. The van der Waals surface area contributed by atoms with Crippen LogP contribution in [0.4, 0.5) is 0 Å². The first-order chi connectivity index (χ1) is 9.99. The molecule has 0 radical (unpaired) electrons. The Hall–Kier alpha value is -2.13. The van der Waals surface area contributed by atoms with Gasteiger partial charge in [-0.2, -0.15) is 5.10 Å². The van der Waals surface area contributed by atoms with Crippen LogP contribution in [-0.2, 0) is 7.05 Å². The van der Waals surface area contributed by atoms with Gasteiger partial charge in [0.05, 0.1) is 5.52 Å². The first-order valence-electron chi connectivity index (χ1n) is 7.16. The summed E-state index contributed by atoms with van der Waals surface area (Å²) in [7, 11) is 1.91. The monoisotopic (exact) mass is 280 g/mol. The molecule has 1 unspecified atom stereocenters. The molecule has 3 aromatic rings. The molecular formula is C18H20N2O. The third kappa shape index (κ3) is 2.24. The highest BCUT2D eigenvalue weighted by Crippen LogP contribution is 2.30. The fourth-order valence-electron chi connectivity index (χ4n) is 2.87. The Morgan fingerprint density at radius 2 is 1.67 bits per heavy atom. The highest BCUT2D eigenvalue weighted by molar-refractivity contribution is 5.82. The zero-order valence-electron chi connectivity index (χ0n) is 12.9. The normalized spacial score (nSPS) is 12.8. The van der Waals surface area contributed by atoms with Crippen LogP contribution >= 0.6 is 0 Å². The Kier molecular flexibility index (Phi) is 3.30. The van der Waals surface area contributed by atoms with Crippen LogP contribution in [0.1, 0.15) is 34.1 Å². The molecule has 0 spiro atoms. The molecular weight excluding hydrogens is 260 g/mol. The zero-order valence-corrected chi connectivity index (χ0v) is 12.9. The summed E-state index contributed by atoms with van der Waals surface area (Å²) in [5.74, 6) is 0. The molecule has 0 amide bonds. The van der Waals surface area contributed by atoms with Gasteiger partial charge in [-0.3, -0.25) is 4.68 Å². The molecule has 1 N–H and O–H groups in total. The fourth-order valence-corrected chi connectivity index (χ4v) is 2.87. The van der Waals surface area contributed by atoms with Crippen LogP contribution < -0.4 is 0 Å². The molecule has 0 aliphatic carbocycles. The summed E-state index contributed by atoms with van der Waals surface area (Å²) in [6, 6.07) is 12.2. The summed E-state index contributed by atoms with van der Waals surface area (Å²) < 4.78 is 1.82. The third-order valence-electron chi connectivity index (χ3n) is 4.22. The van der Waals surface area contributed by atoms with Crippen molar-refractivity contribution in [2.75, 3.05) is 0 Å².